The van der Waals surface area contributed by atoms with Crippen LogP contribution < -0.4 is 21.6 Å². The van der Waals surface area contributed by atoms with Gasteiger partial charge in [-0.25, -0.2) is 9.37 Å². The number of nitrogens with one attached hydrogen (secondary N) is 1. The molecule has 1 heterocycles. The van der Waals surface area contributed by atoms with E-state index in [2.05, 4.69) is 48.9 Å². The lowest BCUT2D eigenvalue weighted by molar-refractivity contribution is -0.137. The van der Waals surface area contributed by atoms with Gasteiger partial charge in [-0.05, 0) is 102 Å². The number of fused-ring (bicyclic) bond motifs is 1. The molecule has 2 unspecified atom stereocenters. The van der Waals surface area contributed by atoms with Crippen molar-refractivity contribution in [2.45, 2.75) is 91.0 Å². The molecule has 8 nitrogen and oxygen atoms in total. The van der Waals surface area contributed by atoms with Crippen molar-refractivity contribution in [2.24, 2.45) is 10.9 Å². The summed E-state index contributed by atoms with van der Waals surface area (Å²) in [6.45, 7) is 13.2. The SMILES string of the molecule is C=C/C=C\C/C(=C/C=C(/C)N=C)CCC.CNO/C(C)=C\CC1C=C/C=c2/c(=O)n(C3C=CC(F)=CC3)c(CCCCC(=O)O)n/c2=C/C1. The van der Waals surface area contributed by atoms with Crippen molar-refractivity contribution in [1.82, 2.24) is 15.0 Å². The highest BCUT2D eigenvalue weighted by molar-refractivity contribution is 5.66. The molecule has 0 bridgehead atoms. The molecule has 0 fully saturated rings. The average molecular weight is 673 g/mol. The molecule has 2 aliphatic carbocycles. The normalized spacial score (nSPS) is 19.2. The van der Waals surface area contributed by atoms with Crippen molar-refractivity contribution in [3.8, 4) is 0 Å². The van der Waals surface area contributed by atoms with Gasteiger partial charge in [-0.15, -0.1) is 0 Å². The number of nitrogens with zero attached hydrogens (tertiary/aromatic N) is 3. The number of aliphatic carboxylic acids is 1. The van der Waals surface area contributed by atoms with E-state index in [0.717, 1.165) is 30.7 Å². The van der Waals surface area contributed by atoms with Crippen LogP contribution in [-0.4, -0.2) is 34.4 Å². The molecule has 1 aromatic heterocycles. The highest BCUT2D eigenvalue weighted by Crippen LogP contribution is 2.22. The third-order valence-electron chi connectivity index (χ3n) is 7.92. The molecule has 3 rings (SSSR count). The van der Waals surface area contributed by atoms with Crippen LogP contribution in [0.4, 0.5) is 4.39 Å². The lowest BCUT2D eigenvalue weighted by Crippen LogP contribution is -2.49. The molecule has 9 heteroatoms. The minimum atomic E-state index is -0.843. The van der Waals surface area contributed by atoms with E-state index in [4.69, 9.17) is 14.9 Å². The van der Waals surface area contributed by atoms with E-state index in [1.54, 1.807) is 29.8 Å². The van der Waals surface area contributed by atoms with Gasteiger partial charge in [-0.1, -0.05) is 74.1 Å². The lowest BCUT2D eigenvalue weighted by Gasteiger charge is -2.21. The second-order valence-electron chi connectivity index (χ2n) is 11.9. The Bertz CT molecular complexity index is 1670. The highest BCUT2D eigenvalue weighted by Gasteiger charge is 2.18. The van der Waals surface area contributed by atoms with E-state index < -0.39 is 5.97 Å². The minimum Gasteiger partial charge on any atom is -0.481 e. The summed E-state index contributed by atoms with van der Waals surface area (Å²) in [6.07, 6.45) is 31.2. The largest absolute Gasteiger partial charge is 0.481 e. The topological polar surface area (TPSA) is 106 Å². The maximum Gasteiger partial charge on any atom is 0.303 e. The van der Waals surface area contributed by atoms with Gasteiger partial charge in [0.2, 0.25) is 0 Å². The number of aryl methyl sites for hydroxylation is 1. The van der Waals surface area contributed by atoms with Gasteiger partial charge < -0.3 is 9.94 Å². The smallest absolute Gasteiger partial charge is 0.303 e. The van der Waals surface area contributed by atoms with Crippen LogP contribution in [0.15, 0.2) is 106 Å². The third-order valence-corrected chi connectivity index (χ3v) is 7.92. The average Bonchev–Trinajstić information content (AvgIpc) is 3.07. The summed E-state index contributed by atoms with van der Waals surface area (Å²) in [6, 6.07) is -0.324. The highest BCUT2D eigenvalue weighted by atomic mass is 19.1. The number of rotatable bonds is 17. The van der Waals surface area contributed by atoms with Crippen molar-refractivity contribution in [3.63, 3.8) is 0 Å². The quantitative estimate of drug-likeness (QED) is 0.0587. The predicted molar refractivity (Wildman–Crippen MR) is 200 cm³/mol. The van der Waals surface area contributed by atoms with Gasteiger partial charge in [0.25, 0.3) is 5.56 Å². The lowest BCUT2D eigenvalue weighted by atomic mass is 9.98. The van der Waals surface area contributed by atoms with Crippen LogP contribution in [0.25, 0.3) is 12.2 Å². The van der Waals surface area contributed by atoms with Crippen molar-refractivity contribution in [1.29, 1.82) is 0 Å². The number of allylic oxidation sites excluding steroid dienone is 15. The summed E-state index contributed by atoms with van der Waals surface area (Å²) in [4.78, 5) is 38.4. The standard InChI is InChI=1S/C26H32FN3O4.C14H21N/c1-18(34-28-2)10-11-19-6-5-7-22-23(17-12-19)29-24(8-3-4-9-25(31)32)30(26(22)33)21-15-13-20(27)14-16-21;1-5-7-8-10-14(9-6-2)12-11-13(3)15-4/h5-7,10,13-15,17,19,21,28H,3-4,8-9,11-12,16H2,1-2H3,(H,31,32);5,7-8,11-12H,1,4,6,9-10H2,2-3H3/b6-5?,18-10-,22-7+,23-17+;8-7-,13-11-,14-12+. The Morgan fingerprint density at radius 3 is 2.65 bits per heavy atom. The van der Waals surface area contributed by atoms with Crippen molar-refractivity contribution in [3.05, 3.63) is 123 Å². The van der Waals surface area contributed by atoms with Crippen LogP contribution in [0.2, 0.25) is 0 Å². The van der Waals surface area contributed by atoms with E-state index in [1.165, 1.54) is 24.1 Å². The zero-order valence-electron chi connectivity index (χ0n) is 29.5. The van der Waals surface area contributed by atoms with Crippen molar-refractivity contribution >= 4 is 24.8 Å². The van der Waals surface area contributed by atoms with Crippen LogP contribution in [0.3, 0.4) is 0 Å². The number of carboxylic acids is 1. The van der Waals surface area contributed by atoms with Crippen LogP contribution in [0.1, 0.15) is 90.4 Å². The maximum absolute atomic E-state index is 13.6. The molecule has 2 N–H and O–H groups in total. The Morgan fingerprint density at radius 1 is 1.20 bits per heavy atom. The summed E-state index contributed by atoms with van der Waals surface area (Å²) in [5, 5.41) is 10.1. The molecule has 0 spiro atoms. The number of halogens is 1. The molecule has 49 heavy (non-hydrogen) atoms. The van der Waals surface area contributed by atoms with Gasteiger partial charge in [0.05, 0.1) is 16.6 Å². The molecule has 0 aromatic carbocycles. The van der Waals surface area contributed by atoms with Crippen molar-refractivity contribution in [2.75, 3.05) is 7.05 Å². The molecule has 0 saturated carbocycles. The molecule has 0 amide bonds. The fourth-order valence-electron chi connectivity index (χ4n) is 5.30. The number of carboxylic acid groups (broad SMARTS) is 1. The number of carbonyl (C=O) groups is 1. The van der Waals surface area contributed by atoms with Crippen molar-refractivity contribution < 1.29 is 19.1 Å². The Labute approximate surface area is 290 Å². The Kier molecular flexibility index (Phi) is 18.9. The third kappa shape index (κ3) is 15.0. The van der Waals surface area contributed by atoms with Crippen LogP contribution in [-0.2, 0) is 16.1 Å². The molecule has 0 aliphatic heterocycles. The number of hydroxylamine groups is 1. The van der Waals surface area contributed by atoms with Crippen LogP contribution in [0.5, 0.6) is 0 Å². The molecular weight excluding hydrogens is 619 g/mol. The maximum atomic E-state index is 13.6. The second-order valence-corrected chi connectivity index (χ2v) is 11.9. The zero-order chi connectivity index (χ0) is 36.0. The van der Waals surface area contributed by atoms with E-state index in [-0.39, 0.29) is 29.8 Å². The summed E-state index contributed by atoms with van der Waals surface area (Å²) in [5.41, 5.74) is 4.86. The van der Waals surface area contributed by atoms with E-state index in [9.17, 15) is 14.0 Å². The Balaban J connectivity index is 0.000000469. The fraction of sp³-hybridized carbons (Fsp3) is 0.400. The fourth-order valence-corrected chi connectivity index (χ4v) is 5.30. The molecule has 2 atom stereocenters. The number of hydrogen-bond donors (Lipinski definition) is 2. The Hall–Kier alpha value is -4.63. The van der Waals surface area contributed by atoms with Gasteiger partial charge in [-0.3, -0.25) is 19.1 Å². The summed E-state index contributed by atoms with van der Waals surface area (Å²) in [7, 11) is 1.71. The molecule has 0 radical (unpaired) electrons. The molecule has 1 aromatic rings. The summed E-state index contributed by atoms with van der Waals surface area (Å²) >= 11 is 0. The summed E-state index contributed by atoms with van der Waals surface area (Å²) < 4.78 is 15.2. The number of aromatic nitrogens is 2. The first kappa shape index (κ1) is 40.5. The first-order valence-electron chi connectivity index (χ1n) is 17.0. The monoisotopic (exact) mass is 672 g/mol. The molecule has 2 aliphatic rings. The van der Waals surface area contributed by atoms with Crippen LogP contribution >= 0.6 is 0 Å². The number of unbranched alkanes of at least 4 members (excludes halogenated alkanes) is 1. The molecule has 264 valence electrons. The summed E-state index contributed by atoms with van der Waals surface area (Å²) in [5.74, 6) is 0.466. The zero-order valence-corrected chi connectivity index (χ0v) is 29.5. The van der Waals surface area contributed by atoms with E-state index in [1.807, 2.05) is 44.2 Å². The number of hydrogen-bond acceptors (Lipinski definition) is 6. The van der Waals surface area contributed by atoms with Gasteiger partial charge in [-0.2, -0.15) is 5.48 Å². The Morgan fingerprint density at radius 2 is 2.00 bits per heavy atom. The van der Waals surface area contributed by atoms with Gasteiger partial charge >= 0.3 is 5.97 Å². The van der Waals surface area contributed by atoms with Gasteiger partial charge in [0.15, 0.2) is 0 Å². The minimum absolute atomic E-state index is 0.0725. The van der Waals surface area contributed by atoms with Gasteiger partial charge in [0, 0.05) is 25.6 Å². The van der Waals surface area contributed by atoms with Gasteiger partial charge in [0.1, 0.15) is 17.4 Å². The number of aliphatic imine (C=N–C) groups is 1. The first-order chi connectivity index (χ1) is 23.6. The first-order valence-corrected chi connectivity index (χ1v) is 17.0. The van der Waals surface area contributed by atoms with E-state index >= 15 is 0 Å². The van der Waals surface area contributed by atoms with Crippen LogP contribution in [0, 0.1) is 5.92 Å². The second kappa shape index (κ2) is 22.9. The predicted octanol–water partition coefficient (Wildman–Crippen LogP) is 7.43. The van der Waals surface area contributed by atoms with E-state index in [0.29, 0.717) is 48.5 Å². The molecular formula is C40H53FN4O4. The molecule has 0 saturated heterocycles.